The number of hydrogen-bond donors (Lipinski definition) is 0. The lowest BCUT2D eigenvalue weighted by Crippen LogP contribution is -2.31. The fourth-order valence-corrected chi connectivity index (χ4v) is 4.88. The number of aliphatic imine (C=N–C) groups is 1. The molecule has 1 saturated heterocycles. The number of aryl methyl sites for hydroxylation is 1. The third-order valence-electron chi connectivity index (χ3n) is 7.50. The molecule has 0 saturated carbocycles. The van der Waals surface area contributed by atoms with Crippen LogP contribution in [0.15, 0.2) is 95.1 Å². The van der Waals surface area contributed by atoms with Crippen LogP contribution in [0.4, 0.5) is 0 Å². The van der Waals surface area contributed by atoms with Crippen molar-refractivity contribution in [2.75, 3.05) is 26.7 Å². The predicted molar refractivity (Wildman–Crippen MR) is 176 cm³/mol. The number of likely N-dealkylation sites (tertiary alicyclic amines) is 1. The van der Waals surface area contributed by atoms with Crippen molar-refractivity contribution in [1.29, 1.82) is 0 Å². The molecule has 1 fully saturated rings. The van der Waals surface area contributed by atoms with Crippen molar-refractivity contribution in [2.24, 2.45) is 10.9 Å². The van der Waals surface area contributed by atoms with Crippen molar-refractivity contribution in [1.82, 2.24) is 14.7 Å². The Morgan fingerprint density at radius 1 is 1.07 bits per heavy atom. The second kappa shape index (κ2) is 17.2. The largest absolute Gasteiger partial charge is 0.492 e. The van der Waals surface area contributed by atoms with Crippen LogP contribution in [-0.2, 0) is 17.7 Å². The first-order valence-corrected chi connectivity index (χ1v) is 15.4. The highest BCUT2D eigenvalue weighted by Crippen LogP contribution is 2.20. The molecule has 42 heavy (non-hydrogen) atoms. The Labute approximate surface area is 252 Å². The number of rotatable bonds is 12. The summed E-state index contributed by atoms with van der Waals surface area (Å²) in [6, 6.07) is 19.9. The summed E-state index contributed by atoms with van der Waals surface area (Å²) in [5.41, 5.74) is 5.84. The number of ether oxygens (including phenoxy) is 1. The van der Waals surface area contributed by atoms with Crippen LogP contribution in [0, 0.1) is 5.92 Å². The van der Waals surface area contributed by atoms with E-state index in [0.717, 1.165) is 73.3 Å². The summed E-state index contributed by atoms with van der Waals surface area (Å²) in [4.78, 5) is 19.7. The second-order valence-electron chi connectivity index (χ2n) is 10.7. The monoisotopic (exact) mass is 568 g/mol. The third kappa shape index (κ3) is 9.95. The normalized spacial score (nSPS) is 14.7. The predicted octanol–water partition coefficient (Wildman–Crippen LogP) is 7.52. The highest BCUT2D eigenvalue weighted by Gasteiger charge is 2.17. The molecule has 2 aromatic carbocycles. The van der Waals surface area contributed by atoms with Gasteiger partial charge in [-0.2, -0.15) is 5.10 Å². The van der Waals surface area contributed by atoms with Crippen molar-refractivity contribution < 1.29 is 4.74 Å². The first-order valence-electron chi connectivity index (χ1n) is 15.4. The van der Waals surface area contributed by atoms with E-state index >= 15 is 0 Å². The van der Waals surface area contributed by atoms with E-state index in [1.807, 2.05) is 45.0 Å². The molecule has 0 N–H and O–H groups in total. The van der Waals surface area contributed by atoms with Crippen LogP contribution in [0.2, 0.25) is 0 Å². The van der Waals surface area contributed by atoms with Gasteiger partial charge < -0.3 is 9.64 Å². The average Bonchev–Trinajstić information content (AvgIpc) is 3.03. The summed E-state index contributed by atoms with van der Waals surface area (Å²) in [6.45, 7) is 15.4. The zero-order chi connectivity index (χ0) is 30.3. The summed E-state index contributed by atoms with van der Waals surface area (Å²) < 4.78 is 7.55. The number of benzene rings is 2. The molecule has 1 aromatic heterocycles. The fraction of sp³-hybridized carbons (Fsp3) is 0.417. The quantitative estimate of drug-likeness (QED) is 0.129. The van der Waals surface area contributed by atoms with Gasteiger partial charge in [0.25, 0.3) is 5.56 Å². The van der Waals surface area contributed by atoms with Crippen molar-refractivity contribution in [3.63, 3.8) is 0 Å². The molecule has 224 valence electrons. The lowest BCUT2D eigenvalue weighted by molar-refractivity contribution is 0.122. The van der Waals surface area contributed by atoms with E-state index < -0.39 is 0 Å². The summed E-state index contributed by atoms with van der Waals surface area (Å²) in [5, 5.41) is 4.70. The van der Waals surface area contributed by atoms with E-state index in [0.29, 0.717) is 24.8 Å². The Balaban J connectivity index is 0.00000237. The first kappa shape index (κ1) is 32.7. The molecular formula is C36H48N4O2. The highest BCUT2D eigenvalue weighted by atomic mass is 16.5. The van der Waals surface area contributed by atoms with Gasteiger partial charge in [-0.15, -0.1) is 0 Å². The van der Waals surface area contributed by atoms with E-state index in [1.54, 1.807) is 18.3 Å². The van der Waals surface area contributed by atoms with Crippen LogP contribution in [0.25, 0.3) is 11.3 Å². The molecule has 6 nitrogen and oxygen atoms in total. The number of aromatic nitrogens is 2. The van der Waals surface area contributed by atoms with Crippen molar-refractivity contribution in [2.45, 2.75) is 66.3 Å². The molecule has 0 radical (unpaired) electrons. The highest BCUT2D eigenvalue weighted by molar-refractivity contribution is 5.99. The van der Waals surface area contributed by atoms with Crippen molar-refractivity contribution in [3.05, 3.63) is 112 Å². The van der Waals surface area contributed by atoms with Gasteiger partial charge in [0.05, 0.1) is 25.0 Å². The maximum atomic E-state index is 12.7. The molecule has 0 bridgehead atoms. The molecule has 0 atom stereocenters. The van der Waals surface area contributed by atoms with Gasteiger partial charge in [0, 0.05) is 17.3 Å². The van der Waals surface area contributed by atoms with Gasteiger partial charge in [-0.1, -0.05) is 70.2 Å². The number of allylic oxidation sites excluding steroid dienone is 1. The maximum Gasteiger partial charge on any atom is 0.267 e. The van der Waals surface area contributed by atoms with Crippen LogP contribution in [-0.4, -0.2) is 47.1 Å². The van der Waals surface area contributed by atoms with E-state index in [-0.39, 0.29) is 5.56 Å². The van der Waals surface area contributed by atoms with Crippen LogP contribution in [0.5, 0.6) is 0 Å². The van der Waals surface area contributed by atoms with Crippen LogP contribution < -0.4 is 5.56 Å². The maximum absolute atomic E-state index is 12.7. The molecule has 0 spiro atoms. The van der Waals surface area contributed by atoms with Gasteiger partial charge in [-0.25, -0.2) is 4.68 Å². The Bertz CT molecular complexity index is 1400. The number of unbranched alkanes of at least 4 members (excludes halogenated alkanes) is 1. The molecule has 2 heterocycles. The van der Waals surface area contributed by atoms with Crippen LogP contribution in [0.1, 0.15) is 70.1 Å². The molecule has 4 rings (SSSR count). The third-order valence-corrected chi connectivity index (χ3v) is 7.50. The Kier molecular flexibility index (Phi) is 13.4. The number of hydrogen-bond acceptors (Lipinski definition) is 5. The minimum Gasteiger partial charge on any atom is -0.492 e. The Morgan fingerprint density at radius 2 is 1.81 bits per heavy atom. The van der Waals surface area contributed by atoms with E-state index in [9.17, 15) is 4.79 Å². The molecule has 0 unspecified atom stereocenters. The number of piperidine rings is 1. The Hall–Kier alpha value is -3.77. The topological polar surface area (TPSA) is 59.7 Å². The average molecular weight is 569 g/mol. The van der Waals surface area contributed by atoms with Crippen molar-refractivity contribution >= 4 is 5.71 Å². The zero-order valence-corrected chi connectivity index (χ0v) is 26.2. The molecule has 1 aliphatic rings. The molecule has 1 aliphatic heterocycles. The summed E-state index contributed by atoms with van der Waals surface area (Å²) in [5.74, 6) is 1.25. The summed E-state index contributed by atoms with van der Waals surface area (Å²) >= 11 is 0. The van der Waals surface area contributed by atoms with E-state index in [2.05, 4.69) is 60.8 Å². The summed E-state index contributed by atoms with van der Waals surface area (Å²) in [7, 11) is 2.17. The number of nitrogens with zero attached hydrogens (tertiary/aromatic N) is 4. The van der Waals surface area contributed by atoms with Crippen LogP contribution >= 0.6 is 0 Å². The van der Waals surface area contributed by atoms with Gasteiger partial charge in [0.15, 0.2) is 0 Å². The molecule has 6 heteroatoms. The fourth-order valence-electron chi connectivity index (χ4n) is 4.88. The van der Waals surface area contributed by atoms with Crippen molar-refractivity contribution in [3.8, 4) is 11.3 Å². The van der Waals surface area contributed by atoms with Gasteiger partial charge in [0.1, 0.15) is 5.76 Å². The SMILES string of the molecule is C=C/C(=C\N=C(C)c1cccc(Cn2nc(-c3cccc(CCCC)c3)ccc2=O)c1)OCC1CCN(C)CC1.CC. The van der Waals surface area contributed by atoms with Gasteiger partial charge in [-0.3, -0.25) is 9.79 Å². The van der Waals surface area contributed by atoms with Crippen LogP contribution in [0.3, 0.4) is 0 Å². The van der Waals surface area contributed by atoms with Gasteiger partial charge in [-0.05, 0) is 99.6 Å². The lowest BCUT2D eigenvalue weighted by Gasteiger charge is -2.28. The minimum absolute atomic E-state index is 0.123. The minimum atomic E-state index is -0.123. The molecule has 0 amide bonds. The first-order chi connectivity index (χ1) is 20.4. The Morgan fingerprint density at radius 3 is 2.55 bits per heavy atom. The standard InChI is InChI=1S/C34H42N4O2.C2H6/c1-5-7-10-27-11-8-14-31(21-27)33-15-16-34(39)38(36-33)24-29-12-9-13-30(22-29)26(3)35-23-32(6-2)40-25-28-17-19-37(4)20-18-28;1-2/h6,8-9,11-16,21-23,28H,2,5,7,10,17-20,24-25H2,1,3-4H3;1-2H3/b32-23+,35-26?;. The van der Waals surface area contributed by atoms with Gasteiger partial charge in [0.2, 0.25) is 0 Å². The lowest BCUT2D eigenvalue weighted by atomic mass is 9.98. The van der Waals surface area contributed by atoms with Gasteiger partial charge >= 0.3 is 0 Å². The molecule has 3 aromatic rings. The molecule has 0 aliphatic carbocycles. The van der Waals surface area contributed by atoms with E-state index in [4.69, 9.17) is 9.84 Å². The smallest absolute Gasteiger partial charge is 0.267 e. The summed E-state index contributed by atoms with van der Waals surface area (Å²) in [6.07, 6.45) is 9.14. The van der Waals surface area contributed by atoms with E-state index in [1.165, 1.54) is 10.2 Å². The zero-order valence-electron chi connectivity index (χ0n) is 26.2. The second-order valence-corrected chi connectivity index (χ2v) is 10.7. The molecular weight excluding hydrogens is 520 g/mol.